The van der Waals surface area contributed by atoms with Crippen LogP contribution in [-0.2, 0) is 5.41 Å². The van der Waals surface area contributed by atoms with Gasteiger partial charge in [0.15, 0.2) is 0 Å². The predicted molar refractivity (Wildman–Crippen MR) is 190 cm³/mol. The molecule has 1 aliphatic heterocycles. The third kappa shape index (κ3) is 3.49. The molecule has 2 heterocycles. The zero-order valence-corrected chi connectivity index (χ0v) is 25.6. The van der Waals surface area contributed by atoms with E-state index in [1.54, 1.807) is 0 Å². The van der Waals surface area contributed by atoms with Gasteiger partial charge in [-0.3, -0.25) is 0 Å². The molecule has 8 aromatic rings. The third-order valence-electron chi connectivity index (χ3n) is 9.73. The quantitative estimate of drug-likeness (QED) is 0.217. The van der Waals surface area contributed by atoms with Crippen LogP contribution >= 0.6 is 11.8 Å². The highest BCUT2D eigenvalue weighted by atomic mass is 32.2. The molecular weight excluding hydrogens is 579 g/mol. The van der Waals surface area contributed by atoms with Gasteiger partial charge in [-0.15, -0.1) is 0 Å². The average molecular weight is 606 g/mol. The van der Waals surface area contributed by atoms with E-state index >= 15 is 0 Å². The minimum absolute atomic E-state index is 0.423. The number of hydrogen-bond donors (Lipinski definition) is 1. The Morgan fingerprint density at radius 3 is 2.00 bits per heavy atom. The van der Waals surface area contributed by atoms with Crippen LogP contribution in [0, 0.1) is 0 Å². The van der Waals surface area contributed by atoms with Gasteiger partial charge in [-0.2, -0.15) is 0 Å². The fraction of sp³-hybridized carbons (Fsp3) is 0.0233. The molecule has 0 radical (unpaired) electrons. The number of nitrogens with one attached hydrogen (secondary N) is 1. The highest BCUT2D eigenvalue weighted by Crippen LogP contribution is 2.63. The Kier molecular flexibility index (Phi) is 5.46. The van der Waals surface area contributed by atoms with Crippen LogP contribution in [-0.4, -0.2) is 0 Å². The molecule has 216 valence electrons. The van der Waals surface area contributed by atoms with Crippen molar-refractivity contribution < 1.29 is 4.42 Å². The summed E-state index contributed by atoms with van der Waals surface area (Å²) in [6, 6.07) is 57.2. The molecule has 1 spiro atoms. The zero-order valence-electron chi connectivity index (χ0n) is 24.8. The van der Waals surface area contributed by atoms with E-state index in [0.29, 0.717) is 0 Å². The lowest BCUT2D eigenvalue weighted by atomic mass is 9.67. The molecule has 0 fully saturated rings. The molecule has 0 unspecified atom stereocenters. The van der Waals surface area contributed by atoms with E-state index in [0.717, 1.165) is 33.3 Å². The van der Waals surface area contributed by atoms with Crippen molar-refractivity contribution in [3.8, 4) is 22.3 Å². The van der Waals surface area contributed by atoms with Crippen LogP contribution in [0.1, 0.15) is 22.3 Å². The fourth-order valence-electron chi connectivity index (χ4n) is 7.92. The van der Waals surface area contributed by atoms with Gasteiger partial charge in [0, 0.05) is 20.9 Å². The average Bonchev–Trinajstić information content (AvgIpc) is 3.63. The Bertz CT molecular complexity index is 2450. The van der Waals surface area contributed by atoms with Gasteiger partial charge >= 0.3 is 0 Å². The van der Waals surface area contributed by atoms with Gasteiger partial charge in [-0.1, -0.05) is 127 Å². The van der Waals surface area contributed by atoms with E-state index in [1.165, 1.54) is 54.3 Å². The van der Waals surface area contributed by atoms with Gasteiger partial charge in [-0.05, 0) is 87.0 Å². The second kappa shape index (κ2) is 9.74. The van der Waals surface area contributed by atoms with Gasteiger partial charge < -0.3 is 9.73 Å². The molecular formula is C43H27NOS. The molecule has 7 aromatic carbocycles. The maximum atomic E-state index is 6.22. The summed E-state index contributed by atoms with van der Waals surface area (Å²) in [6.07, 6.45) is 0. The lowest BCUT2D eigenvalue weighted by Crippen LogP contribution is -2.31. The minimum Gasteiger partial charge on any atom is -0.456 e. The summed E-state index contributed by atoms with van der Waals surface area (Å²) in [5, 5.41) is 6.03. The van der Waals surface area contributed by atoms with E-state index in [4.69, 9.17) is 4.42 Å². The van der Waals surface area contributed by atoms with Crippen molar-refractivity contribution in [2.24, 2.45) is 0 Å². The monoisotopic (exact) mass is 605 g/mol. The summed E-state index contributed by atoms with van der Waals surface area (Å²) in [5.74, 6) is 0. The van der Waals surface area contributed by atoms with Crippen LogP contribution in [0.2, 0.25) is 0 Å². The molecule has 46 heavy (non-hydrogen) atoms. The van der Waals surface area contributed by atoms with Crippen LogP contribution in [0.3, 0.4) is 0 Å². The van der Waals surface area contributed by atoms with Crippen LogP contribution in [0.15, 0.2) is 172 Å². The summed E-state index contributed by atoms with van der Waals surface area (Å²) in [6.45, 7) is 0. The molecule has 2 aliphatic rings. The van der Waals surface area contributed by atoms with Crippen molar-refractivity contribution in [3.63, 3.8) is 0 Å². The number of benzene rings is 7. The van der Waals surface area contributed by atoms with Crippen LogP contribution in [0.4, 0.5) is 11.4 Å². The van der Waals surface area contributed by atoms with E-state index in [9.17, 15) is 0 Å². The van der Waals surface area contributed by atoms with Gasteiger partial charge in [0.1, 0.15) is 11.2 Å². The van der Waals surface area contributed by atoms with Crippen molar-refractivity contribution in [1.82, 2.24) is 0 Å². The van der Waals surface area contributed by atoms with Crippen molar-refractivity contribution >= 4 is 45.1 Å². The van der Waals surface area contributed by atoms with E-state index in [1.807, 2.05) is 30.0 Å². The standard InChI is InChI=1S/C43H27NOS/c1-2-12-27(13-3-1)29-15-10-18-35-41(29)31-26-28(44-36-19-11-21-38-42(36)30-14-4-7-20-37(30)45-38)24-25-32(31)43(35)33-16-5-8-22-39(33)46-40-23-9-6-17-34(40)43/h1-26,44H. The first-order chi connectivity index (χ1) is 22.8. The van der Waals surface area contributed by atoms with Gasteiger partial charge in [0.25, 0.3) is 0 Å². The van der Waals surface area contributed by atoms with E-state index < -0.39 is 5.41 Å². The Labute approximate surface area is 271 Å². The third-order valence-corrected chi connectivity index (χ3v) is 10.9. The molecule has 0 saturated carbocycles. The number of fused-ring (bicyclic) bond motifs is 12. The predicted octanol–water partition coefficient (Wildman–Crippen LogP) is 11.8. The molecule has 2 nitrogen and oxygen atoms in total. The van der Waals surface area contributed by atoms with Crippen molar-refractivity contribution in [2.75, 3.05) is 5.32 Å². The number of para-hydroxylation sites is 1. The SMILES string of the molecule is c1ccc(-c2cccc3c2-c2cc(Nc4cccc5oc6ccccc6c45)ccc2C32c3ccccc3Sc3ccccc32)cc1. The second-order valence-corrected chi connectivity index (χ2v) is 13.2. The van der Waals surface area contributed by atoms with Crippen molar-refractivity contribution in [1.29, 1.82) is 0 Å². The Morgan fingerprint density at radius 1 is 0.500 bits per heavy atom. The number of furan rings is 1. The number of hydrogen-bond acceptors (Lipinski definition) is 3. The summed E-state index contributed by atoms with van der Waals surface area (Å²) in [5.41, 5.74) is 13.8. The van der Waals surface area contributed by atoms with Crippen LogP contribution < -0.4 is 5.32 Å². The second-order valence-electron chi connectivity index (χ2n) is 12.1. The Morgan fingerprint density at radius 2 is 1.17 bits per heavy atom. The molecule has 0 saturated heterocycles. The maximum absolute atomic E-state index is 6.22. The fourth-order valence-corrected chi connectivity index (χ4v) is 9.12. The summed E-state index contributed by atoms with van der Waals surface area (Å²) >= 11 is 1.88. The lowest BCUT2D eigenvalue weighted by Gasteiger charge is -2.39. The first-order valence-electron chi connectivity index (χ1n) is 15.7. The number of rotatable bonds is 3. The molecule has 0 bridgehead atoms. The first-order valence-corrected chi connectivity index (χ1v) is 16.5. The van der Waals surface area contributed by atoms with E-state index in [2.05, 4.69) is 145 Å². The Balaban J connectivity index is 1.26. The van der Waals surface area contributed by atoms with Crippen molar-refractivity contribution in [3.05, 3.63) is 180 Å². The van der Waals surface area contributed by atoms with E-state index in [-0.39, 0.29) is 0 Å². The molecule has 0 atom stereocenters. The smallest absolute Gasteiger partial charge is 0.137 e. The summed E-state index contributed by atoms with van der Waals surface area (Å²) in [7, 11) is 0. The zero-order chi connectivity index (χ0) is 30.2. The highest BCUT2D eigenvalue weighted by Gasteiger charge is 2.50. The highest BCUT2D eigenvalue weighted by molar-refractivity contribution is 7.99. The maximum Gasteiger partial charge on any atom is 0.137 e. The minimum atomic E-state index is -0.423. The van der Waals surface area contributed by atoms with Crippen LogP contribution in [0.25, 0.3) is 44.2 Å². The summed E-state index contributed by atoms with van der Waals surface area (Å²) < 4.78 is 6.22. The summed E-state index contributed by atoms with van der Waals surface area (Å²) in [4.78, 5) is 2.62. The van der Waals surface area contributed by atoms with Gasteiger partial charge in [-0.25, -0.2) is 0 Å². The molecule has 1 N–H and O–H groups in total. The van der Waals surface area contributed by atoms with Gasteiger partial charge in [0.05, 0.1) is 16.5 Å². The molecule has 10 rings (SSSR count). The van der Waals surface area contributed by atoms with Gasteiger partial charge in [0.2, 0.25) is 0 Å². The van der Waals surface area contributed by atoms with Crippen LogP contribution in [0.5, 0.6) is 0 Å². The molecule has 0 amide bonds. The molecule has 1 aliphatic carbocycles. The first kappa shape index (κ1) is 25.8. The Hall–Kier alpha value is -5.51. The lowest BCUT2D eigenvalue weighted by molar-refractivity contribution is 0.669. The topological polar surface area (TPSA) is 25.2 Å². The van der Waals surface area contributed by atoms with Crippen molar-refractivity contribution in [2.45, 2.75) is 15.2 Å². The largest absolute Gasteiger partial charge is 0.456 e. The molecule has 1 aromatic heterocycles. The molecule has 3 heteroatoms. The number of anilines is 2. The normalized spacial score (nSPS) is 13.7.